The highest BCUT2D eigenvalue weighted by Gasteiger charge is 2.10. The van der Waals surface area contributed by atoms with Crippen molar-refractivity contribution in [3.05, 3.63) is 29.8 Å². The van der Waals surface area contributed by atoms with Crippen molar-refractivity contribution < 1.29 is 0 Å². The van der Waals surface area contributed by atoms with Gasteiger partial charge >= 0.3 is 0 Å². The van der Waals surface area contributed by atoms with Crippen LogP contribution in [0.15, 0.2) is 24.3 Å². The summed E-state index contributed by atoms with van der Waals surface area (Å²) in [4.78, 5) is 0. The first-order valence-corrected chi connectivity index (χ1v) is 7.38. The van der Waals surface area contributed by atoms with E-state index in [4.69, 9.17) is 5.84 Å². The Bertz CT molecular complexity index is 305. The lowest BCUT2D eigenvalue weighted by Crippen LogP contribution is -2.07. The molecule has 3 N–H and O–H groups in total. The SMILES string of the molecule is CCCCCCC(CCC)c1ccc(NN)cc1. The molecule has 102 valence electrons. The monoisotopic (exact) mass is 248 g/mol. The summed E-state index contributed by atoms with van der Waals surface area (Å²) < 4.78 is 0. The minimum atomic E-state index is 0.721. The van der Waals surface area contributed by atoms with E-state index in [1.54, 1.807) is 0 Å². The average Bonchev–Trinajstić information content (AvgIpc) is 2.42. The summed E-state index contributed by atoms with van der Waals surface area (Å²) in [5.74, 6) is 6.12. The molecule has 0 aliphatic heterocycles. The highest BCUT2D eigenvalue weighted by Crippen LogP contribution is 2.28. The Morgan fingerprint density at radius 3 is 2.22 bits per heavy atom. The van der Waals surface area contributed by atoms with Crippen LogP contribution < -0.4 is 11.3 Å². The fourth-order valence-corrected chi connectivity index (χ4v) is 2.50. The maximum absolute atomic E-state index is 5.40. The van der Waals surface area contributed by atoms with E-state index in [-0.39, 0.29) is 0 Å². The zero-order valence-electron chi connectivity index (χ0n) is 11.9. The number of nitrogens with two attached hydrogens (primary N) is 1. The smallest absolute Gasteiger partial charge is 0.0485 e. The van der Waals surface area contributed by atoms with E-state index in [1.807, 2.05) is 0 Å². The molecule has 0 fully saturated rings. The molecule has 0 spiro atoms. The zero-order valence-corrected chi connectivity index (χ0v) is 11.9. The fraction of sp³-hybridized carbons (Fsp3) is 0.625. The second kappa shape index (κ2) is 8.98. The van der Waals surface area contributed by atoms with Crippen molar-refractivity contribution in [3.63, 3.8) is 0 Å². The van der Waals surface area contributed by atoms with Crippen molar-refractivity contribution in [1.82, 2.24) is 0 Å². The predicted molar refractivity (Wildman–Crippen MR) is 80.7 cm³/mol. The number of hydrogen-bond donors (Lipinski definition) is 2. The van der Waals surface area contributed by atoms with Gasteiger partial charge < -0.3 is 5.43 Å². The fourth-order valence-electron chi connectivity index (χ4n) is 2.50. The molecule has 0 aromatic heterocycles. The summed E-state index contributed by atoms with van der Waals surface area (Å²) in [7, 11) is 0. The molecule has 0 amide bonds. The van der Waals surface area contributed by atoms with Gasteiger partial charge in [-0.3, -0.25) is 5.84 Å². The van der Waals surface area contributed by atoms with Gasteiger partial charge in [0.15, 0.2) is 0 Å². The summed E-state index contributed by atoms with van der Waals surface area (Å²) in [5.41, 5.74) is 5.14. The molecule has 0 heterocycles. The van der Waals surface area contributed by atoms with Crippen LogP contribution in [0.1, 0.15) is 70.3 Å². The first kappa shape index (κ1) is 15.0. The molecule has 0 radical (unpaired) electrons. The molecule has 1 unspecified atom stereocenters. The third-order valence-corrected chi connectivity index (χ3v) is 3.59. The number of nitrogen functional groups attached to an aromatic ring is 1. The number of nitrogens with one attached hydrogen (secondary N) is 1. The number of rotatable bonds is 9. The molecule has 2 heteroatoms. The van der Waals surface area contributed by atoms with Crippen LogP contribution in [0.3, 0.4) is 0 Å². The van der Waals surface area contributed by atoms with E-state index in [9.17, 15) is 0 Å². The van der Waals surface area contributed by atoms with E-state index in [1.165, 1.54) is 50.5 Å². The van der Waals surface area contributed by atoms with Crippen molar-refractivity contribution in [1.29, 1.82) is 0 Å². The van der Waals surface area contributed by atoms with E-state index in [0.717, 1.165) is 11.6 Å². The summed E-state index contributed by atoms with van der Waals surface area (Å²) in [6.07, 6.45) is 9.29. The Morgan fingerprint density at radius 1 is 0.944 bits per heavy atom. The van der Waals surface area contributed by atoms with Gasteiger partial charge in [-0.15, -0.1) is 0 Å². The number of unbranched alkanes of at least 4 members (excludes halogenated alkanes) is 3. The van der Waals surface area contributed by atoms with Gasteiger partial charge in [0.2, 0.25) is 0 Å². The van der Waals surface area contributed by atoms with Crippen molar-refractivity contribution in [2.75, 3.05) is 5.43 Å². The van der Waals surface area contributed by atoms with Gasteiger partial charge in [-0.05, 0) is 36.5 Å². The summed E-state index contributed by atoms with van der Waals surface area (Å²) >= 11 is 0. The molecule has 0 saturated carbocycles. The van der Waals surface area contributed by atoms with Crippen molar-refractivity contribution >= 4 is 5.69 Å². The molecule has 1 rings (SSSR count). The lowest BCUT2D eigenvalue weighted by Gasteiger charge is -2.17. The third-order valence-electron chi connectivity index (χ3n) is 3.59. The second-order valence-corrected chi connectivity index (χ2v) is 5.10. The highest BCUT2D eigenvalue weighted by atomic mass is 15.2. The van der Waals surface area contributed by atoms with Crippen molar-refractivity contribution in [2.45, 2.75) is 64.7 Å². The first-order chi connectivity index (χ1) is 8.81. The maximum atomic E-state index is 5.40. The lowest BCUT2D eigenvalue weighted by molar-refractivity contribution is 0.521. The topological polar surface area (TPSA) is 38.0 Å². The van der Waals surface area contributed by atoms with Gasteiger partial charge in [0, 0.05) is 5.69 Å². The molecule has 1 aromatic carbocycles. The summed E-state index contributed by atoms with van der Waals surface area (Å²) in [6, 6.07) is 8.58. The normalized spacial score (nSPS) is 12.4. The van der Waals surface area contributed by atoms with Crippen molar-refractivity contribution in [3.8, 4) is 0 Å². The van der Waals surface area contributed by atoms with Crippen LogP contribution >= 0.6 is 0 Å². The number of hydrogen-bond acceptors (Lipinski definition) is 2. The van der Waals surface area contributed by atoms with Crippen LogP contribution in [0.25, 0.3) is 0 Å². The lowest BCUT2D eigenvalue weighted by atomic mass is 9.89. The largest absolute Gasteiger partial charge is 0.324 e. The van der Waals surface area contributed by atoms with Gasteiger partial charge in [0.05, 0.1) is 0 Å². The minimum absolute atomic E-state index is 0.721. The number of hydrazine groups is 1. The average molecular weight is 248 g/mol. The molecule has 2 nitrogen and oxygen atoms in total. The Labute approximate surface area is 112 Å². The standard InChI is InChI=1S/C16H28N2/c1-3-5-6-7-9-14(8-4-2)15-10-12-16(18-17)13-11-15/h10-14,18H,3-9,17H2,1-2H3. The molecule has 0 bridgehead atoms. The van der Waals surface area contributed by atoms with Gasteiger partial charge in [-0.2, -0.15) is 0 Å². The summed E-state index contributed by atoms with van der Waals surface area (Å²) in [5, 5.41) is 0. The molecule has 0 saturated heterocycles. The van der Waals surface area contributed by atoms with Gasteiger partial charge in [0.1, 0.15) is 0 Å². The Hall–Kier alpha value is -1.02. The Morgan fingerprint density at radius 2 is 1.67 bits per heavy atom. The van der Waals surface area contributed by atoms with Crippen LogP contribution in [0.5, 0.6) is 0 Å². The van der Waals surface area contributed by atoms with E-state index in [2.05, 4.69) is 43.5 Å². The van der Waals surface area contributed by atoms with Gasteiger partial charge in [-0.1, -0.05) is 58.1 Å². The molecule has 0 aliphatic rings. The highest BCUT2D eigenvalue weighted by molar-refractivity contribution is 5.43. The van der Waals surface area contributed by atoms with E-state index < -0.39 is 0 Å². The van der Waals surface area contributed by atoms with Crippen LogP contribution in [0.4, 0.5) is 5.69 Å². The van der Waals surface area contributed by atoms with Crippen LogP contribution in [-0.2, 0) is 0 Å². The third kappa shape index (κ3) is 5.09. The maximum Gasteiger partial charge on any atom is 0.0485 e. The van der Waals surface area contributed by atoms with Gasteiger partial charge in [-0.25, -0.2) is 0 Å². The molecule has 1 aromatic rings. The number of benzene rings is 1. The van der Waals surface area contributed by atoms with Crippen LogP contribution in [0, 0.1) is 0 Å². The zero-order chi connectivity index (χ0) is 13.2. The molecular formula is C16H28N2. The molecule has 18 heavy (non-hydrogen) atoms. The van der Waals surface area contributed by atoms with Gasteiger partial charge in [0.25, 0.3) is 0 Å². The molecule has 0 aliphatic carbocycles. The quantitative estimate of drug-likeness (QED) is 0.373. The minimum Gasteiger partial charge on any atom is -0.324 e. The van der Waals surface area contributed by atoms with Crippen molar-refractivity contribution in [2.24, 2.45) is 5.84 Å². The predicted octanol–water partition coefficient (Wildman–Crippen LogP) is 4.83. The Kier molecular flexibility index (Phi) is 7.51. The molecular weight excluding hydrogens is 220 g/mol. The first-order valence-electron chi connectivity index (χ1n) is 7.38. The Balaban J connectivity index is 2.53. The molecule has 1 atom stereocenters. The van der Waals surface area contributed by atoms with E-state index >= 15 is 0 Å². The van der Waals surface area contributed by atoms with E-state index in [0.29, 0.717) is 0 Å². The summed E-state index contributed by atoms with van der Waals surface area (Å²) in [6.45, 7) is 4.54. The second-order valence-electron chi connectivity index (χ2n) is 5.10. The van der Waals surface area contributed by atoms with Crippen LogP contribution in [-0.4, -0.2) is 0 Å². The number of anilines is 1. The van der Waals surface area contributed by atoms with Crippen LogP contribution in [0.2, 0.25) is 0 Å².